The largest absolute Gasteiger partial charge is 0.506 e. The van der Waals surface area contributed by atoms with Gasteiger partial charge >= 0.3 is 5.97 Å². The maximum Gasteiger partial charge on any atom is 0.306 e. The van der Waals surface area contributed by atoms with Crippen LogP contribution in [0.5, 0.6) is 5.75 Å². The van der Waals surface area contributed by atoms with Crippen molar-refractivity contribution in [2.75, 3.05) is 25.6 Å². The van der Waals surface area contributed by atoms with E-state index >= 15 is 0 Å². The highest BCUT2D eigenvalue weighted by atomic mass is 32.1. The molecule has 120 valence electrons. The van der Waals surface area contributed by atoms with E-state index in [1.165, 1.54) is 13.2 Å². The molecular weight excluding hydrogens is 308 g/mol. The minimum Gasteiger partial charge on any atom is -0.506 e. The van der Waals surface area contributed by atoms with Crippen molar-refractivity contribution in [1.82, 2.24) is 5.32 Å². The Morgan fingerprint density at radius 1 is 1.23 bits per heavy atom. The lowest BCUT2D eigenvalue weighted by molar-refractivity contribution is -0.146. The van der Waals surface area contributed by atoms with Gasteiger partial charge in [-0.2, -0.15) is 0 Å². The van der Waals surface area contributed by atoms with Crippen LogP contribution in [0.2, 0.25) is 0 Å². The molecule has 1 aromatic carbocycles. The monoisotopic (exact) mass is 326 g/mol. The lowest BCUT2D eigenvalue weighted by Gasteiger charge is -2.10. The van der Waals surface area contributed by atoms with Crippen molar-refractivity contribution in [3.05, 3.63) is 24.3 Å². The van der Waals surface area contributed by atoms with E-state index in [0.29, 0.717) is 12.3 Å². The third-order valence-corrected chi connectivity index (χ3v) is 2.72. The number of thiocarbonyl (C=S) groups is 1. The van der Waals surface area contributed by atoms with Crippen molar-refractivity contribution in [3.8, 4) is 5.75 Å². The summed E-state index contributed by atoms with van der Waals surface area (Å²) in [6, 6.07) is 6.48. The zero-order chi connectivity index (χ0) is 16.4. The first-order valence-electron chi connectivity index (χ1n) is 6.56. The van der Waals surface area contributed by atoms with Crippen LogP contribution in [0.4, 0.5) is 5.69 Å². The maximum absolute atomic E-state index is 11.6. The Kier molecular flexibility index (Phi) is 7.87. The van der Waals surface area contributed by atoms with Gasteiger partial charge in [0, 0.05) is 13.5 Å². The second-order valence-electron chi connectivity index (χ2n) is 4.23. The number of rotatable bonds is 7. The highest BCUT2D eigenvalue weighted by Crippen LogP contribution is 2.21. The molecule has 0 aliphatic rings. The van der Waals surface area contributed by atoms with Crippen LogP contribution in [-0.4, -0.2) is 42.4 Å². The molecular formula is C14H18N2O5S. The topological polar surface area (TPSA) is 96.9 Å². The number of esters is 1. The van der Waals surface area contributed by atoms with Crippen molar-refractivity contribution in [1.29, 1.82) is 0 Å². The molecule has 3 N–H and O–H groups in total. The number of hydrogen-bond donors (Lipinski definition) is 3. The molecule has 8 heteroatoms. The van der Waals surface area contributed by atoms with Crippen molar-refractivity contribution in [3.63, 3.8) is 0 Å². The van der Waals surface area contributed by atoms with Crippen molar-refractivity contribution >= 4 is 34.9 Å². The summed E-state index contributed by atoms with van der Waals surface area (Å²) in [5, 5.41) is 14.7. The number of ether oxygens (including phenoxy) is 2. The van der Waals surface area contributed by atoms with Crippen molar-refractivity contribution in [2.24, 2.45) is 0 Å². The molecule has 0 saturated heterocycles. The van der Waals surface area contributed by atoms with Gasteiger partial charge in [-0.1, -0.05) is 12.1 Å². The van der Waals surface area contributed by atoms with Gasteiger partial charge in [-0.3, -0.25) is 9.59 Å². The Hall–Kier alpha value is -2.19. The SMILES string of the molecule is COCCOC(=O)CCC(=O)NC(=S)Nc1ccccc1O. The Morgan fingerprint density at radius 3 is 2.64 bits per heavy atom. The van der Waals surface area contributed by atoms with Gasteiger partial charge in [0.15, 0.2) is 5.11 Å². The number of carbonyl (C=O) groups is 2. The summed E-state index contributed by atoms with van der Waals surface area (Å²) >= 11 is 4.95. The highest BCUT2D eigenvalue weighted by Gasteiger charge is 2.10. The molecule has 0 heterocycles. The summed E-state index contributed by atoms with van der Waals surface area (Å²) in [5.74, 6) is -0.885. The van der Waals surface area contributed by atoms with E-state index in [4.69, 9.17) is 21.7 Å². The first-order chi connectivity index (χ1) is 10.5. The van der Waals surface area contributed by atoms with Gasteiger partial charge in [0.2, 0.25) is 5.91 Å². The van der Waals surface area contributed by atoms with Crippen LogP contribution >= 0.6 is 12.2 Å². The molecule has 1 aromatic rings. The number of nitrogens with one attached hydrogen (secondary N) is 2. The fourth-order valence-corrected chi connectivity index (χ4v) is 1.67. The predicted molar refractivity (Wildman–Crippen MR) is 84.5 cm³/mol. The van der Waals surface area contributed by atoms with E-state index in [1.807, 2.05) is 0 Å². The minimum atomic E-state index is -0.480. The number of benzene rings is 1. The number of carbonyl (C=O) groups excluding carboxylic acids is 2. The number of amides is 1. The van der Waals surface area contributed by atoms with Gasteiger partial charge in [-0.15, -0.1) is 0 Å². The first kappa shape index (κ1) is 17.9. The summed E-state index contributed by atoms with van der Waals surface area (Å²) in [5.41, 5.74) is 0.381. The second kappa shape index (κ2) is 9.69. The molecule has 0 radical (unpaired) electrons. The molecule has 0 spiro atoms. The molecule has 0 unspecified atom stereocenters. The van der Waals surface area contributed by atoms with Crippen molar-refractivity contribution in [2.45, 2.75) is 12.8 Å². The Balaban J connectivity index is 2.28. The van der Waals surface area contributed by atoms with Crippen LogP contribution in [-0.2, 0) is 19.1 Å². The molecule has 1 amide bonds. The van der Waals surface area contributed by atoms with E-state index in [1.54, 1.807) is 18.2 Å². The molecule has 0 aromatic heterocycles. The molecule has 7 nitrogen and oxygen atoms in total. The Labute approximate surface area is 133 Å². The zero-order valence-corrected chi connectivity index (χ0v) is 12.9. The van der Waals surface area contributed by atoms with Crippen LogP contribution in [0.25, 0.3) is 0 Å². The third kappa shape index (κ3) is 7.00. The molecule has 0 saturated carbocycles. The number of anilines is 1. The first-order valence-corrected chi connectivity index (χ1v) is 6.97. The number of methoxy groups -OCH3 is 1. The fourth-order valence-electron chi connectivity index (χ4n) is 1.45. The number of phenols is 1. The summed E-state index contributed by atoms with van der Waals surface area (Å²) in [6.07, 6.45) is -0.0941. The third-order valence-electron chi connectivity index (χ3n) is 2.51. The maximum atomic E-state index is 11.6. The van der Waals surface area contributed by atoms with E-state index in [2.05, 4.69) is 10.6 Å². The van der Waals surface area contributed by atoms with Crippen LogP contribution in [0.3, 0.4) is 0 Å². The van der Waals surface area contributed by atoms with Gasteiger partial charge in [0.05, 0.1) is 18.7 Å². The summed E-state index contributed by atoms with van der Waals surface area (Å²) in [4.78, 5) is 22.9. The van der Waals surface area contributed by atoms with Crippen LogP contribution in [0.15, 0.2) is 24.3 Å². The summed E-state index contributed by atoms with van der Waals surface area (Å²) in [7, 11) is 1.50. The fraction of sp³-hybridized carbons (Fsp3) is 0.357. The van der Waals surface area contributed by atoms with E-state index in [-0.39, 0.29) is 30.3 Å². The van der Waals surface area contributed by atoms with Gasteiger partial charge in [-0.05, 0) is 24.4 Å². The molecule has 22 heavy (non-hydrogen) atoms. The predicted octanol–water partition coefficient (Wildman–Crippen LogP) is 1.17. The number of phenolic OH excluding ortho intramolecular Hbond substituents is 1. The average molecular weight is 326 g/mol. The zero-order valence-electron chi connectivity index (χ0n) is 12.1. The highest BCUT2D eigenvalue weighted by molar-refractivity contribution is 7.80. The molecule has 0 aliphatic carbocycles. The molecule has 0 fully saturated rings. The smallest absolute Gasteiger partial charge is 0.306 e. The van der Waals surface area contributed by atoms with Gasteiger partial charge in [-0.25, -0.2) is 0 Å². The number of aromatic hydroxyl groups is 1. The molecule has 0 atom stereocenters. The second-order valence-corrected chi connectivity index (χ2v) is 4.64. The van der Waals surface area contributed by atoms with Crippen LogP contribution in [0, 0.1) is 0 Å². The van der Waals surface area contributed by atoms with Gasteiger partial charge < -0.3 is 25.2 Å². The standard InChI is InChI=1S/C14H18N2O5S/c1-20-8-9-21-13(19)7-6-12(18)16-14(22)15-10-4-2-3-5-11(10)17/h2-5,17H,6-9H2,1H3,(H2,15,16,18,22). The van der Waals surface area contributed by atoms with Crippen molar-refractivity contribution < 1.29 is 24.2 Å². The van der Waals surface area contributed by atoms with Crippen LogP contribution < -0.4 is 10.6 Å². The van der Waals surface area contributed by atoms with Gasteiger partial charge in [0.25, 0.3) is 0 Å². The molecule has 0 aliphatic heterocycles. The normalized spacial score (nSPS) is 9.86. The Morgan fingerprint density at radius 2 is 1.95 bits per heavy atom. The van der Waals surface area contributed by atoms with Crippen LogP contribution in [0.1, 0.15) is 12.8 Å². The average Bonchev–Trinajstić information content (AvgIpc) is 2.48. The number of para-hydroxylation sites is 2. The molecule has 0 bridgehead atoms. The number of hydrogen-bond acceptors (Lipinski definition) is 6. The molecule has 1 rings (SSSR count). The minimum absolute atomic E-state index is 0.0146. The van der Waals surface area contributed by atoms with E-state index < -0.39 is 11.9 Å². The lowest BCUT2D eigenvalue weighted by Crippen LogP contribution is -2.34. The van der Waals surface area contributed by atoms with Gasteiger partial charge in [0.1, 0.15) is 12.4 Å². The van der Waals surface area contributed by atoms with E-state index in [0.717, 1.165) is 0 Å². The lowest BCUT2D eigenvalue weighted by atomic mass is 10.3. The van der Waals surface area contributed by atoms with E-state index in [9.17, 15) is 14.7 Å². The quantitative estimate of drug-likeness (QED) is 0.299. The Bertz CT molecular complexity index is 536. The summed E-state index contributed by atoms with van der Waals surface area (Å²) in [6.45, 7) is 0.469. The summed E-state index contributed by atoms with van der Waals surface area (Å²) < 4.78 is 9.56.